The zero-order chi connectivity index (χ0) is 16.2. The average molecular weight is 314 g/mol. The predicted molar refractivity (Wildman–Crippen MR) is 79.5 cm³/mol. The van der Waals surface area contributed by atoms with Crippen molar-refractivity contribution in [1.29, 1.82) is 0 Å². The molecule has 0 aliphatic carbocycles. The van der Waals surface area contributed by atoms with Crippen molar-refractivity contribution in [1.82, 2.24) is 10.5 Å². The van der Waals surface area contributed by atoms with E-state index in [1.54, 1.807) is 18.2 Å². The Bertz CT molecular complexity index is 811. The number of halogens is 2. The predicted octanol–water partition coefficient (Wildman–Crippen LogP) is 3.55. The number of carbonyl (C=O) groups is 1. The Hall–Kier alpha value is -3.02. The lowest BCUT2D eigenvalue weighted by molar-refractivity contribution is 0.0950. The molecule has 0 bridgehead atoms. The van der Waals surface area contributed by atoms with Crippen molar-refractivity contribution in [3.05, 3.63) is 77.5 Å². The van der Waals surface area contributed by atoms with Gasteiger partial charge in [0, 0.05) is 17.2 Å². The van der Waals surface area contributed by atoms with E-state index in [1.807, 2.05) is 0 Å². The quantitative estimate of drug-likeness (QED) is 0.801. The fourth-order valence-corrected chi connectivity index (χ4v) is 2.02. The van der Waals surface area contributed by atoms with Gasteiger partial charge in [-0.05, 0) is 48.5 Å². The van der Waals surface area contributed by atoms with E-state index in [0.29, 0.717) is 22.6 Å². The second-order valence-electron chi connectivity index (χ2n) is 4.88. The molecule has 0 spiro atoms. The molecule has 1 heterocycles. The molecule has 0 fully saturated rings. The van der Waals surface area contributed by atoms with Gasteiger partial charge < -0.3 is 9.84 Å². The van der Waals surface area contributed by atoms with Crippen LogP contribution in [0.5, 0.6) is 0 Å². The number of aromatic nitrogens is 1. The smallest absolute Gasteiger partial charge is 0.251 e. The lowest BCUT2D eigenvalue weighted by Gasteiger charge is -2.02. The van der Waals surface area contributed by atoms with E-state index in [0.717, 1.165) is 0 Å². The monoisotopic (exact) mass is 314 g/mol. The second-order valence-corrected chi connectivity index (χ2v) is 4.88. The van der Waals surface area contributed by atoms with E-state index in [1.165, 1.54) is 36.4 Å². The first-order valence-corrected chi connectivity index (χ1v) is 6.87. The SMILES string of the molecule is O=C(NCc1cc(-c2ccc(F)cc2)on1)c1ccc(F)cc1. The van der Waals surface area contributed by atoms with Gasteiger partial charge in [-0.2, -0.15) is 0 Å². The summed E-state index contributed by atoms with van der Waals surface area (Å²) < 4.78 is 30.9. The highest BCUT2D eigenvalue weighted by molar-refractivity contribution is 5.94. The fourth-order valence-electron chi connectivity index (χ4n) is 2.02. The number of benzene rings is 2. The lowest BCUT2D eigenvalue weighted by Crippen LogP contribution is -2.22. The Labute approximate surface area is 130 Å². The standard InChI is InChI=1S/C17H12F2N2O2/c18-13-5-1-11(2-6-13)16-9-15(21-23-16)10-20-17(22)12-3-7-14(19)8-4-12/h1-9H,10H2,(H,20,22). The summed E-state index contributed by atoms with van der Waals surface area (Å²) in [7, 11) is 0. The van der Waals surface area contributed by atoms with E-state index in [9.17, 15) is 13.6 Å². The summed E-state index contributed by atoms with van der Waals surface area (Å²) in [6.07, 6.45) is 0. The summed E-state index contributed by atoms with van der Waals surface area (Å²) in [4.78, 5) is 11.9. The van der Waals surface area contributed by atoms with Crippen LogP contribution < -0.4 is 5.32 Å². The van der Waals surface area contributed by atoms with E-state index < -0.39 is 5.82 Å². The maximum Gasteiger partial charge on any atom is 0.251 e. The summed E-state index contributed by atoms with van der Waals surface area (Å²) in [6.45, 7) is 0.168. The Morgan fingerprint density at radius 3 is 2.26 bits per heavy atom. The maximum atomic E-state index is 12.9. The highest BCUT2D eigenvalue weighted by atomic mass is 19.1. The summed E-state index contributed by atoms with van der Waals surface area (Å²) >= 11 is 0. The average Bonchev–Trinajstić information content (AvgIpc) is 3.03. The van der Waals surface area contributed by atoms with Crippen LogP contribution in [0, 0.1) is 11.6 Å². The molecule has 3 aromatic rings. The number of hydrogen-bond acceptors (Lipinski definition) is 3. The molecule has 0 saturated heterocycles. The Morgan fingerprint density at radius 2 is 1.61 bits per heavy atom. The number of hydrogen-bond donors (Lipinski definition) is 1. The highest BCUT2D eigenvalue weighted by Gasteiger charge is 2.09. The maximum absolute atomic E-state index is 12.9. The third kappa shape index (κ3) is 3.60. The Kier molecular flexibility index (Phi) is 4.14. The molecule has 1 N–H and O–H groups in total. The molecule has 0 saturated carbocycles. The molecule has 0 atom stereocenters. The third-order valence-electron chi connectivity index (χ3n) is 3.22. The first-order chi connectivity index (χ1) is 11.1. The molecule has 6 heteroatoms. The van der Waals surface area contributed by atoms with Gasteiger partial charge >= 0.3 is 0 Å². The molecule has 1 amide bonds. The van der Waals surface area contributed by atoms with Gasteiger partial charge in [0.15, 0.2) is 5.76 Å². The number of nitrogens with zero attached hydrogens (tertiary/aromatic N) is 1. The van der Waals surface area contributed by atoms with E-state index >= 15 is 0 Å². The molecule has 0 aliphatic heterocycles. The number of nitrogens with one attached hydrogen (secondary N) is 1. The van der Waals surface area contributed by atoms with Crippen LogP contribution in [0.2, 0.25) is 0 Å². The summed E-state index contributed by atoms with van der Waals surface area (Å²) in [6, 6.07) is 12.7. The molecular formula is C17H12F2N2O2. The minimum atomic E-state index is -0.401. The molecule has 116 valence electrons. The van der Waals surface area contributed by atoms with E-state index in [4.69, 9.17) is 4.52 Å². The van der Waals surface area contributed by atoms with Gasteiger partial charge in [-0.25, -0.2) is 8.78 Å². The molecular weight excluding hydrogens is 302 g/mol. The second kappa shape index (κ2) is 6.39. The van der Waals surface area contributed by atoms with Crippen LogP contribution in [0.1, 0.15) is 16.1 Å². The first kappa shape index (κ1) is 14.9. The number of rotatable bonds is 4. The molecule has 0 radical (unpaired) electrons. The third-order valence-corrected chi connectivity index (χ3v) is 3.22. The Balaban J connectivity index is 1.64. The fraction of sp³-hybridized carbons (Fsp3) is 0.0588. The molecule has 0 unspecified atom stereocenters. The molecule has 23 heavy (non-hydrogen) atoms. The van der Waals surface area contributed by atoms with E-state index in [-0.39, 0.29) is 18.3 Å². The first-order valence-electron chi connectivity index (χ1n) is 6.87. The number of amides is 1. The van der Waals surface area contributed by atoms with Crippen LogP contribution in [0.4, 0.5) is 8.78 Å². The zero-order valence-electron chi connectivity index (χ0n) is 11.9. The molecule has 3 rings (SSSR count). The van der Waals surface area contributed by atoms with Crippen LogP contribution in [-0.2, 0) is 6.54 Å². The van der Waals surface area contributed by atoms with Gasteiger partial charge in [0.25, 0.3) is 5.91 Å². The topological polar surface area (TPSA) is 55.1 Å². The summed E-state index contributed by atoms with van der Waals surface area (Å²) in [5.41, 5.74) is 1.57. The van der Waals surface area contributed by atoms with Gasteiger partial charge in [-0.3, -0.25) is 4.79 Å². The lowest BCUT2D eigenvalue weighted by atomic mass is 10.1. The normalized spacial score (nSPS) is 10.5. The number of carbonyl (C=O) groups excluding carboxylic acids is 1. The summed E-state index contributed by atoms with van der Waals surface area (Å²) in [5, 5.41) is 6.52. The van der Waals surface area contributed by atoms with Crippen molar-refractivity contribution in [2.75, 3.05) is 0 Å². The van der Waals surface area contributed by atoms with Crippen LogP contribution in [0.15, 0.2) is 59.1 Å². The Morgan fingerprint density at radius 1 is 1.00 bits per heavy atom. The van der Waals surface area contributed by atoms with Crippen molar-refractivity contribution in [2.45, 2.75) is 6.54 Å². The molecule has 4 nitrogen and oxygen atoms in total. The van der Waals surface area contributed by atoms with Crippen molar-refractivity contribution in [3.63, 3.8) is 0 Å². The molecule has 1 aromatic heterocycles. The zero-order valence-corrected chi connectivity index (χ0v) is 11.9. The van der Waals surface area contributed by atoms with Crippen LogP contribution in [-0.4, -0.2) is 11.1 Å². The van der Waals surface area contributed by atoms with E-state index in [2.05, 4.69) is 10.5 Å². The molecule has 0 aliphatic rings. The van der Waals surface area contributed by atoms with Gasteiger partial charge in [-0.15, -0.1) is 0 Å². The summed E-state index contributed by atoms with van der Waals surface area (Å²) in [5.74, 6) is -0.589. The van der Waals surface area contributed by atoms with Gasteiger partial charge in [0.1, 0.15) is 17.3 Å². The van der Waals surface area contributed by atoms with Gasteiger partial charge in [0.05, 0.1) is 6.54 Å². The van der Waals surface area contributed by atoms with Gasteiger partial charge in [-0.1, -0.05) is 5.16 Å². The van der Waals surface area contributed by atoms with Crippen molar-refractivity contribution in [3.8, 4) is 11.3 Å². The largest absolute Gasteiger partial charge is 0.356 e. The van der Waals surface area contributed by atoms with Crippen LogP contribution in [0.3, 0.4) is 0 Å². The minimum Gasteiger partial charge on any atom is -0.356 e. The minimum absolute atomic E-state index is 0.168. The van der Waals surface area contributed by atoms with Crippen molar-refractivity contribution >= 4 is 5.91 Å². The van der Waals surface area contributed by atoms with Crippen molar-refractivity contribution < 1.29 is 18.1 Å². The van der Waals surface area contributed by atoms with Crippen molar-refractivity contribution in [2.24, 2.45) is 0 Å². The van der Waals surface area contributed by atoms with Crippen LogP contribution >= 0.6 is 0 Å². The van der Waals surface area contributed by atoms with Gasteiger partial charge in [0.2, 0.25) is 0 Å². The van der Waals surface area contributed by atoms with Crippen LogP contribution in [0.25, 0.3) is 11.3 Å². The molecule has 2 aromatic carbocycles. The highest BCUT2D eigenvalue weighted by Crippen LogP contribution is 2.20.